The third kappa shape index (κ3) is 4.59. The van der Waals surface area contributed by atoms with Crippen LogP contribution in [0.15, 0.2) is 18.3 Å². The summed E-state index contributed by atoms with van der Waals surface area (Å²) < 4.78 is 5.62. The van der Waals surface area contributed by atoms with E-state index in [0.717, 1.165) is 12.2 Å². The molecule has 1 aromatic rings. The lowest BCUT2D eigenvalue weighted by Gasteiger charge is -2.10. The van der Waals surface area contributed by atoms with Gasteiger partial charge in [0.25, 0.3) is 0 Å². The first-order valence-corrected chi connectivity index (χ1v) is 5.75. The molecule has 0 aromatic carbocycles. The predicted octanol–water partition coefficient (Wildman–Crippen LogP) is 2.32. The highest BCUT2D eigenvalue weighted by molar-refractivity contribution is 5.33. The number of nitrogens with zero attached hydrogens (tertiary/aromatic N) is 1. The minimum Gasteiger partial charge on any atom is -0.376 e. The molecule has 90 valence electrons. The standard InChI is InChI=1S/C12H21N3O/c1-3-4-10(2)8-16-9-11-5-6-12(15-13)14-7-11/h5-7,10H,3-4,8-9,13H2,1-2H3,(H,14,15). The van der Waals surface area contributed by atoms with Crippen LogP contribution in [0.1, 0.15) is 32.3 Å². The van der Waals surface area contributed by atoms with Gasteiger partial charge in [-0.15, -0.1) is 0 Å². The van der Waals surface area contributed by atoms with Gasteiger partial charge in [0.15, 0.2) is 0 Å². The van der Waals surface area contributed by atoms with Crippen molar-refractivity contribution in [1.29, 1.82) is 0 Å². The van der Waals surface area contributed by atoms with Crippen LogP contribution in [0, 0.1) is 5.92 Å². The van der Waals surface area contributed by atoms with Crippen molar-refractivity contribution < 1.29 is 4.74 Å². The molecule has 0 aliphatic carbocycles. The second-order valence-corrected chi connectivity index (χ2v) is 4.11. The van der Waals surface area contributed by atoms with Gasteiger partial charge in [0.1, 0.15) is 5.82 Å². The van der Waals surface area contributed by atoms with E-state index in [0.29, 0.717) is 18.3 Å². The van der Waals surface area contributed by atoms with E-state index in [1.54, 1.807) is 6.20 Å². The molecule has 1 atom stereocenters. The van der Waals surface area contributed by atoms with Gasteiger partial charge < -0.3 is 10.2 Å². The summed E-state index contributed by atoms with van der Waals surface area (Å²) in [6.07, 6.45) is 4.21. The summed E-state index contributed by atoms with van der Waals surface area (Å²) in [6.45, 7) is 5.83. The summed E-state index contributed by atoms with van der Waals surface area (Å²) in [6, 6.07) is 3.81. The van der Waals surface area contributed by atoms with Gasteiger partial charge in [0.05, 0.1) is 6.61 Å². The number of nitrogen functional groups attached to an aromatic ring is 1. The molecule has 4 nitrogen and oxygen atoms in total. The maximum atomic E-state index is 5.62. The summed E-state index contributed by atoms with van der Waals surface area (Å²) in [5.74, 6) is 6.53. The molecule has 0 aliphatic heterocycles. The normalized spacial score (nSPS) is 12.4. The highest BCUT2D eigenvalue weighted by atomic mass is 16.5. The van der Waals surface area contributed by atoms with Crippen molar-refractivity contribution in [2.24, 2.45) is 11.8 Å². The molecule has 0 bridgehead atoms. The maximum Gasteiger partial charge on any atom is 0.139 e. The Morgan fingerprint density at radius 1 is 1.50 bits per heavy atom. The highest BCUT2D eigenvalue weighted by Gasteiger charge is 2.01. The molecule has 0 spiro atoms. The first-order chi connectivity index (χ1) is 7.76. The van der Waals surface area contributed by atoms with Crippen molar-refractivity contribution in [3.05, 3.63) is 23.9 Å². The van der Waals surface area contributed by atoms with Crippen LogP contribution in [-0.4, -0.2) is 11.6 Å². The van der Waals surface area contributed by atoms with Crippen molar-refractivity contribution in [2.45, 2.75) is 33.3 Å². The number of hydrogen-bond acceptors (Lipinski definition) is 4. The third-order valence-corrected chi connectivity index (χ3v) is 2.43. The Labute approximate surface area is 97.2 Å². The Hall–Kier alpha value is -1.13. The van der Waals surface area contributed by atoms with E-state index in [4.69, 9.17) is 10.6 Å². The fourth-order valence-corrected chi connectivity index (χ4v) is 1.55. The van der Waals surface area contributed by atoms with Crippen LogP contribution in [0.25, 0.3) is 0 Å². The first kappa shape index (κ1) is 12.9. The quantitative estimate of drug-likeness (QED) is 0.550. The number of pyridine rings is 1. The highest BCUT2D eigenvalue weighted by Crippen LogP contribution is 2.08. The number of hydrogen-bond donors (Lipinski definition) is 2. The van der Waals surface area contributed by atoms with Crippen LogP contribution in [0.3, 0.4) is 0 Å². The van der Waals surface area contributed by atoms with Crippen LogP contribution in [0.2, 0.25) is 0 Å². The van der Waals surface area contributed by atoms with Gasteiger partial charge in [-0.1, -0.05) is 26.3 Å². The van der Waals surface area contributed by atoms with Crippen molar-refractivity contribution in [2.75, 3.05) is 12.0 Å². The minimum absolute atomic E-state index is 0.617. The van der Waals surface area contributed by atoms with Gasteiger partial charge in [-0.3, -0.25) is 0 Å². The summed E-state index contributed by atoms with van der Waals surface area (Å²) >= 11 is 0. The molecule has 1 heterocycles. The van der Waals surface area contributed by atoms with Crippen molar-refractivity contribution in [3.8, 4) is 0 Å². The van der Waals surface area contributed by atoms with E-state index >= 15 is 0 Å². The molecule has 3 N–H and O–H groups in total. The molecule has 1 rings (SSSR count). The molecule has 0 amide bonds. The average molecular weight is 223 g/mol. The molecule has 1 unspecified atom stereocenters. The molecule has 4 heteroatoms. The van der Waals surface area contributed by atoms with Crippen LogP contribution in [0.5, 0.6) is 0 Å². The molecule has 0 saturated heterocycles. The molecule has 16 heavy (non-hydrogen) atoms. The number of aromatic nitrogens is 1. The fourth-order valence-electron chi connectivity index (χ4n) is 1.55. The number of nitrogens with one attached hydrogen (secondary N) is 1. The van der Waals surface area contributed by atoms with E-state index in [-0.39, 0.29) is 0 Å². The number of rotatable bonds is 7. The SMILES string of the molecule is CCCC(C)COCc1ccc(NN)nc1. The third-order valence-electron chi connectivity index (χ3n) is 2.43. The summed E-state index contributed by atoms with van der Waals surface area (Å²) in [5.41, 5.74) is 3.57. The molecule has 0 fully saturated rings. The number of nitrogens with two attached hydrogens (primary N) is 1. The van der Waals surface area contributed by atoms with Crippen molar-refractivity contribution in [3.63, 3.8) is 0 Å². The van der Waals surface area contributed by atoms with E-state index < -0.39 is 0 Å². The maximum absolute atomic E-state index is 5.62. The summed E-state index contributed by atoms with van der Waals surface area (Å²) in [7, 11) is 0. The predicted molar refractivity (Wildman–Crippen MR) is 65.8 cm³/mol. The zero-order valence-corrected chi connectivity index (χ0v) is 10.1. The summed E-state index contributed by atoms with van der Waals surface area (Å²) in [5, 5.41) is 0. The topological polar surface area (TPSA) is 60.2 Å². The molecule has 1 aromatic heterocycles. The van der Waals surface area contributed by atoms with Gasteiger partial charge in [0, 0.05) is 12.8 Å². The lowest BCUT2D eigenvalue weighted by Crippen LogP contribution is -2.09. The zero-order chi connectivity index (χ0) is 11.8. The van der Waals surface area contributed by atoms with Crippen LogP contribution in [-0.2, 0) is 11.3 Å². The van der Waals surface area contributed by atoms with E-state index in [1.165, 1.54) is 12.8 Å². The van der Waals surface area contributed by atoms with Gasteiger partial charge in [-0.05, 0) is 24.0 Å². The van der Waals surface area contributed by atoms with Crippen molar-refractivity contribution >= 4 is 5.82 Å². The van der Waals surface area contributed by atoms with E-state index in [1.807, 2.05) is 12.1 Å². The Balaban J connectivity index is 2.26. The second kappa shape index (κ2) is 7.19. The average Bonchev–Trinajstić information content (AvgIpc) is 2.30. The van der Waals surface area contributed by atoms with Crippen LogP contribution in [0.4, 0.5) is 5.82 Å². The molecule has 0 saturated carbocycles. The van der Waals surface area contributed by atoms with Crippen LogP contribution < -0.4 is 11.3 Å². The Kier molecular flexibility index (Phi) is 5.82. The van der Waals surface area contributed by atoms with Gasteiger partial charge in [-0.25, -0.2) is 10.8 Å². The zero-order valence-electron chi connectivity index (χ0n) is 10.1. The lowest BCUT2D eigenvalue weighted by atomic mass is 10.1. The summed E-state index contributed by atoms with van der Waals surface area (Å²) in [4.78, 5) is 4.12. The van der Waals surface area contributed by atoms with Crippen LogP contribution >= 0.6 is 0 Å². The Morgan fingerprint density at radius 2 is 2.31 bits per heavy atom. The number of hydrazine groups is 1. The molecular weight excluding hydrogens is 202 g/mol. The minimum atomic E-state index is 0.617. The lowest BCUT2D eigenvalue weighted by molar-refractivity contribution is 0.0892. The Bertz CT molecular complexity index is 287. The van der Waals surface area contributed by atoms with E-state index in [2.05, 4.69) is 24.3 Å². The number of anilines is 1. The number of ether oxygens (including phenoxy) is 1. The van der Waals surface area contributed by atoms with Crippen molar-refractivity contribution in [1.82, 2.24) is 4.98 Å². The van der Waals surface area contributed by atoms with Gasteiger partial charge in [0.2, 0.25) is 0 Å². The molecule has 0 aliphatic rings. The second-order valence-electron chi connectivity index (χ2n) is 4.11. The fraction of sp³-hybridized carbons (Fsp3) is 0.583. The molecular formula is C12H21N3O. The molecule has 0 radical (unpaired) electrons. The smallest absolute Gasteiger partial charge is 0.139 e. The monoisotopic (exact) mass is 223 g/mol. The van der Waals surface area contributed by atoms with E-state index in [9.17, 15) is 0 Å². The van der Waals surface area contributed by atoms with Gasteiger partial charge in [-0.2, -0.15) is 0 Å². The van der Waals surface area contributed by atoms with Gasteiger partial charge >= 0.3 is 0 Å². The Morgan fingerprint density at radius 3 is 2.88 bits per heavy atom. The largest absolute Gasteiger partial charge is 0.376 e. The first-order valence-electron chi connectivity index (χ1n) is 5.75.